The number of carbonyl (C=O) groups excluding carboxylic acids is 2. The molecule has 0 aliphatic carbocycles. The van der Waals surface area contributed by atoms with Crippen molar-refractivity contribution in [2.75, 3.05) is 6.54 Å². The van der Waals surface area contributed by atoms with Crippen molar-refractivity contribution in [3.63, 3.8) is 0 Å². The van der Waals surface area contributed by atoms with Gasteiger partial charge in [0, 0.05) is 6.54 Å². The van der Waals surface area contributed by atoms with Crippen LogP contribution in [0.4, 0.5) is 0 Å². The van der Waals surface area contributed by atoms with Crippen LogP contribution >= 0.6 is 0 Å². The molecule has 0 rings (SSSR count). The van der Waals surface area contributed by atoms with Gasteiger partial charge in [0.25, 0.3) is 0 Å². The van der Waals surface area contributed by atoms with E-state index in [9.17, 15) is 9.59 Å². The Labute approximate surface area is 59.6 Å². The van der Waals surface area contributed by atoms with Crippen molar-refractivity contribution in [2.24, 2.45) is 11.5 Å². The fourth-order valence-electron chi connectivity index (χ4n) is 0.535. The lowest BCUT2D eigenvalue weighted by Crippen LogP contribution is -2.58. The monoisotopic (exact) mass is 144 g/mol. The van der Waals surface area contributed by atoms with E-state index >= 15 is 0 Å². The minimum absolute atomic E-state index is 0.127. The van der Waals surface area contributed by atoms with Gasteiger partial charge in [0.05, 0.1) is 0 Å². The quantitative estimate of drug-likeness (QED) is 0.488. The lowest BCUT2D eigenvalue weighted by Gasteiger charge is -2.20. The van der Waals surface area contributed by atoms with Crippen molar-refractivity contribution in [3.8, 4) is 0 Å². The zero-order valence-corrected chi connectivity index (χ0v) is 6.18. The molecule has 0 unspecified atom stereocenters. The molecule has 0 saturated heterocycles. The van der Waals surface area contributed by atoms with Gasteiger partial charge in [0.2, 0.25) is 0 Å². The molecule has 0 amide bonds. The summed E-state index contributed by atoms with van der Waals surface area (Å²) in [6.07, 6.45) is 0. The zero-order chi connectivity index (χ0) is 8.36. The first kappa shape index (κ1) is 9.26. The Balaban J connectivity index is 4.55. The van der Waals surface area contributed by atoms with Crippen molar-refractivity contribution >= 4 is 11.6 Å². The minimum atomic E-state index is -1.46. The van der Waals surface area contributed by atoms with Crippen molar-refractivity contribution in [1.82, 2.24) is 0 Å². The van der Waals surface area contributed by atoms with Gasteiger partial charge in [-0.15, -0.1) is 0 Å². The fraction of sp³-hybridized carbons (Fsp3) is 0.667. The average molecular weight is 144 g/mol. The van der Waals surface area contributed by atoms with Gasteiger partial charge in [-0.05, 0) is 13.8 Å². The van der Waals surface area contributed by atoms with Gasteiger partial charge in [0.15, 0.2) is 11.6 Å². The summed E-state index contributed by atoms with van der Waals surface area (Å²) in [5, 5.41) is 0. The molecule has 0 radical (unpaired) electrons. The van der Waals surface area contributed by atoms with E-state index in [1.54, 1.807) is 0 Å². The van der Waals surface area contributed by atoms with Crippen LogP contribution in [0.15, 0.2) is 0 Å². The average Bonchev–Trinajstić information content (AvgIpc) is 1.85. The highest BCUT2D eigenvalue weighted by Crippen LogP contribution is 2.00. The number of rotatable bonds is 3. The Morgan fingerprint density at radius 2 is 1.60 bits per heavy atom. The van der Waals surface area contributed by atoms with Gasteiger partial charge in [-0.1, -0.05) is 0 Å². The van der Waals surface area contributed by atoms with Crippen LogP contribution < -0.4 is 11.5 Å². The maximum absolute atomic E-state index is 10.7. The number of carbonyl (C=O) groups is 2. The Bertz CT molecular complexity index is 151. The predicted octanol–water partition coefficient (Wildman–Crippen LogP) is -1.18. The largest absolute Gasteiger partial charge is 0.328 e. The number of Topliss-reactive ketones (excluding diaryl/α,β-unsaturated/α-hetero) is 2. The number of hydrogen-bond donors (Lipinski definition) is 2. The summed E-state index contributed by atoms with van der Waals surface area (Å²) >= 11 is 0. The maximum atomic E-state index is 10.7. The summed E-state index contributed by atoms with van der Waals surface area (Å²) in [6.45, 7) is 2.39. The molecule has 0 aromatic rings. The SMILES string of the molecule is CC(=O)C(N)(CN)C(C)=O. The summed E-state index contributed by atoms with van der Waals surface area (Å²) in [5.41, 5.74) is 9.04. The van der Waals surface area contributed by atoms with E-state index in [0.29, 0.717) is 0 Å². The first-order valence-corrected chi connectivity index (χ1v) is 2.96. The van der Waals surface area contributed by atoms with E-state index in [0.717, 1.165) is 0 Å². The Hall–Kier alpha value is -0.740. The molecule has 0 fully saturated rings. The van der Waals surface area contributed by atoms with Gasteiger partial charge < -0.3 is 11.5 Å². The third-order valence-electron chi connectivity index (χ3n) is 1.58. The molecule has 4 heteroatoms. The summed E-state index contributed by atoms with van der Waals surface area (Å²) in [6, 6.07) is 0. The van der Waals surface area contributed by atoms with E-state index in [2.05, 4.69) is 0 Å². The summed E-state index contributed by atoms with van der Waals surface area (Å²) in [7, 11) is 0. The van der Waals surface area contributed by atoms with Crippen LogP contribution in [0, 0.1) is 0 Å². The topological polar surface area (TPSA) is 86.2 Å². The van der Waals surface area contributed by atoms with Gasteiger partial charge in [-0.3, -0.25) is 9.59 Å². The van der Waals surface area contributed by atoms with E-state index < -0.39 is 5.54 Å². The molecule has 0 spiro atoms. The number of nitrogens with two attached hydrogens (primary N) is 2. The second-order valence-electron chi connectivity index (χ2n) is 2.29. The Morgan fingerprint density at radius 1 is 1.30 bits per heavy atom. The molecule has 10 heavy (non-hydrogen) atoms. The second kappa shape index (κ2) is 2.90. The highest BCUT2D eigenvalue weighted by atomic mass is 16.2. The Morgan fingerprint density at radius 3 is 1.60 bits per heavy atom. The van der Waals surface area contributed by atoms with Crippen LogP contribution in [0.5, 0.6) is 0 Å². The molecule has 58 valence electrons. The third kappa shape index (κ3) is 1.40. The molecular weight excluding hydrogens is 132 g/mol. The van der Waals surface area contributed by atoms with Crippen LogP contribution in [0.25, 0.3) is 0 Å². The van der Waals surface area contributed by atoms with Crippen LogP contribution in [-0.4, -0.2) is 23.7 Å². The Kier molecular flexibility index (Phi) is 2.68. The normalized spacial score (nSPS) is 11.2. The van der Waals surface area contributed by atoms with Crippen LogP contribution in [0.1, 0.15) is 13.8 Å². The molecular formula is C6H12N2O2. The summed E-state index contributed by atoms with van der Waals surface area (Å²) < 4.78 is 0. The van der Waals surface area contributed by atoms with Crippen LogP contribution in [0.3, 0.4) is 0 Å². The van der Waals surface area contributed by atoms with Gasteiger partial charge >= 0.3 is 0 Å². The molecule has 4 nitrogen and oxygen atoms in total. The molecule has 4 N–H and O–H groups in total. The van der Waals surface area contributed by atoms with Crippen molar-refractivity contribution in [3.05, 3.63) is 0 Å². The zero-order valence-electron chi connectivity index (χ0n) is 6.18. The van der Waals surface area contributed by atoms with E-state index in [-0.39, 0.29) is 18.1 Å². The second-order valence-corrected chi connectivity index (χ2v) is 2.29. The molecule has 0 atom stereocenters. The minimum Gasteiger partial charge on any atom is -0.328 e. The van der Waals surface area contributed by atoms with Crippen LogP contribution in [0.2, 0.25) is 0 Å². The number of hydrogen-bond acceptors (Lipinski definition) is 4. The first-order valence-electron chi connectivity index (χ1n) is 2.96. The molecule has 0 aromatic heterocycles. The predicted molar refractivity (Wildman–Crippen MR) is 37.3 cm³/mol. The van der Waals surface area contributed by atoms with E-state index in [1.165, 1.54) is 13.8 Å². The van der Waals surface area contributed by atoms with Gasteiger partial charge in [-0.25, -0.2) is 0 Å². The molecule has 0 heterocycles. The summed E-state index contributed by atoms with van der Waals surface area (Å²) in [4.78, 5) is 21.4. The molecule has 0 aliphatic rings. The van der Waals surface area contributed by atoms with Crippen molar-refractivity contribution in [1.29, 1.82) is 0 Å². The lowest BCUT2D eigenvalue weighted by molar-refractivity contribution is -0.131. The highest BCUT2D eigenvalue weighted by molar-refractivity contribution is 6.09. The van der Waals surface area contributed by atoms with Crippen LogP contribution in [-0.2, 0) is 9.59 Å². The molecule has 0 saturated carbocycles. The molecule has 0 aliphatic heterocycles. The first-order chi connectivity index (χ1) is 4.45. The van der Waals surface area contributed by atoms with E-state index in [4.69, 9.17) is 11.5 Å². The van der Waals surface area contributed by atoms with Crippen molar-refractivity contribution in [2.45, 2.75) is 19.4 Å². The smallest absolute Gasteiger partial charge is 0.158 e. The standard InChI is InChI=1S/C6H12N2O2/c1-4(9)6(8,3-7)5(2)10/h3,7-8H2,1-2H3. The lowest BCUT2D eigenvalue weighted by atomic mass is 9.92. The number of ketones is 2. The fourth-order valence-corrected chi connectivity index (χ4v) is 0.535. The van der Waals surface area contributed by atoms with Crippen molar-refractivity contribution < 1.29 is 9.59 Å². The maximum Gasteiger partial charge on any atom is 0.158 e. The van der Waals surface area contributed by atoms with Gasteiger partial charge in [0.1, 0.15) is 5.54 Å². The molecule has 0 aromatic carbocycles. The molecule has 0 bridgehead atoms. The van der Waals surface area contributed by atoms with E-state index in [1.807, 2.05) is 0 Å². The summed E-state index contributed by atoms with van der Waals surface area (Å²) in [5.74, 6) is -0.773. The highest BCUT2D eigenvalue weighted by Gasteiger charge is 2.33. The third-order valence-corrected chi connectivity index (χ3v) is 1.58. The van der Waals surface area contributed by atoms with Gasteiger partial charge in [-0.2, -0.15) is 0 Å².